The Morgan fingerprint density at radius 3 is 3.16 bits per heavy atom. The van der Waals surface area contributed by atoms with Gasteiger partial charge >= 0.3 is 0 Å². The van der Waals surface area contributed by atoms with Gasteiger partial charge in [0.15, 0.2) is 0 Å². The third-order valence-corrected chi connectivity index (χ3v) is 3.43. The van der Waals surface area contributed by atoms with E-state index < -0.39 is 0 Å². The van der Waals surface area contributed by atoms with Crippen LogP contribution in [0.3, 0.4) is 0 Å². The van der Waals surface area contributed by atoms with Crippen molar-refractivity contribution in [2.45, 2.75) is 26.2 Å². The average Bonchev–Trinajstić information content (AvgIpc) is 2.86. The first kappa shape index (κ1) is 13.9. The quantitative estimate of drug-likeness (QED) is 0.811. The lowest BCUT2D eigenvalue weighted by Gasteiger charge is -2.09. The molecule has 0 fully saturated rings. The van der Waals surface area contributed by atoms with Gasteiger partial charge in [-0.25, -0.2) is 0 Å². The number of nitrogens with one attached hydrogen (secondary N) is 1. The molecule has 1 heterocycles. The summed E-state index contributed by atoms with van der Waals surface area (Å²) in [7, 11) is 0. The van der Waals surface area contributed by atoms with Gasteiger partial charge in [-0.3, -0.25) is 4.79 Å². The number of carbonyl (C=O) groups excluding carboxylic acids is 1. The second kappa shape index (κ2) is 6.57. The highest BCUT2D eigenvalue weighted by molar-refractivity contribution is 5.76. The molecule has 1 atom stereocenters. The van der Waals surface area contributed by atoms with Crippen molar-refractivity contribution in [3.63, 3.8) is 0 Å². The first-order chi connectivity index (χ1) is 9.19. The Labute approximate surface area is 114 Å². The lowest BCUT2D eigenvalue weighted by atomic mass is 10.1. The fourth-order valence-electron chi connectivity index (χ4n) is 2.21. The molecule has 3 N–H and O–H groups in total. The van der Waals surface area contributed by atoms with Crippen LogP contribution >= 0.6 is 0 Å². The van der Waals surface area contributed by atoms with Crippen molar-refractivity contribution in [2.75, 3.05) is 19.7 Å². The van der Waals surface area contributed by atoms with Crippen LogP contribution in [0.2, 0.25) is 0 Å². The van der Waals surface area contributed by atoms with Crippen molar-refractivity contribution in [1.29, 1.82) is 0 Å². The Morgan fingerprint density at radius 1 is 1.53 bits per heavy atom. The van der Waals surface area contributed by atoms with Gasteiger partial charge in [-0.1, -0.05) is 19.1 Å². The molecule has 0 spiro atoms. The number of rotatable bonds is 6. The van der Waals surface area contributed by atoms with Crippen molar-refractivity contribution in [2.24, 2.45) is 11.7 Å². The minimum absolute atomic E-state index is 0.0856. The van der Waals surface area contributed by atoms with Crippen LogP contribution in [0.4, 0.5) is 0 Å². The number of ether oxygens (including phenoxy) is 1. The number of benzene rings is 1. The molecule has 0 saturated heterocycles. The van der Waals surface area contributed by atoms with E-state index >= 15 is 0 Å². The summed E-state index contributed by atoms with van der Waals surface area (Å²) >= 11 is 0. The molecule has 4 heteroatoms. The third kappa shape index (κ3) is 3.96. The van der Waals surface area contributed by atoms with E-state index in [9.17, 15) is 4.79 Å². The summed E-state index contributed by atoms with van der Waals surface area (Å²) < 4.78 is 5.47. The molecule has 1 amide bonds. The highest BCUT2D eigenvalue weighted by Gasteiger charge is 2.12. The van der Waals surface area contributed by atoms with E-state index in [2.05, 4.69) is 17.4 Å². The summed E-state index contributed by atoms with van der Waals surface area (Å²) in [5, 5.41) is 2.94. The van der Waals surface area contributed by atoms with Crippen molar-refractivity contribution < 1.29 is 9.53 Å². The van der Waals surface area contributed by atoms with E-state index in [4.69, 9.17) is 10.5 Å². The average molecular weight is 262 g/mol. The molecule has 4 nitrogen and oxygen atoms in total. The van der Waals surface area contributed by atoms with Gasteiger partial charge in [-0.2, -0.15) is 0 Å². The molecule has 2 rings (SSSR count). The molecule has 0 radical (unpaired) electrons. The summed E-state index contributed by atoms with van der Waals surface area (Å²) in [6.45, 7) is 4.00. The van der Waals surface area contributed by atoms with Gasteiger partial charge in [0, 0.05) is 19.4 Å². The molecule has 1 aliphatic heterocycles. The minimum atomic E-state index is 0.0856. The first-order valence-corrected chi connectivity index (χ1v) is 6.90. The fraction of sp³-hybridized carbons (Fsp3) is 0.533. The largest absolute Gasteiger partial charge is 0.493 e. The maximum absolute atomic E-state index is 11.6. The SMILES string of the molecule is CC(CN)CC(=O)NCCc1ccc2c(c1)CCO2. The zero-order chi connectivity index (χ0) is 13.7. The predicted octanol–water partition coefficient (Wildman–Crippen LogP) is 1.27. The van der Waals surface area contributed by atoms with E-state index in [0.29, 0.717) is 19.5 Å². The number of fused-ring (bicyclic) bond motifs is 1. The Balaban J connectivity index is 1.75. The summed E-state index contributed by atoms with van der Waals surface area (Å²) in [5.74, 6) is 1.34. The third-order valence-electron chi connectivity index (χ3n) is 3.43. The van der Waals surface area contributed by atoms with E-state index in [1.165, 1.54) is 11.1 Å². The Hall–Kier alpha value is -1.55. The van der Waals surface area contributed by atoms with Crippen LogP contribution in [0, 0.1) is 5.92 Å². The molecule has 0 saturated carbocycles. The topological polar surface area (TPSA) is 64.4 Å². The summed E-state index contributed by atoms with van der Waals surface area (Å²) in [4.78, 5) is 11.6. The molecule has 19 heavy (non-hydrogen) atoms. The van der Waals surface area contributed by atoms with Crippen molar-refractivity contribution in [3.8, 4) is 5.75 Å². The standard InChI is InChI=1S/C15H22N2O2/c1-11(10-16)8-15(18)17-6-4-12-2-3-14-13(9-12)5-7-19-14/h2-3,9,11H,4-8,10,16H2,1H3,(H,17,18). The first-order valence-electron chi connectivity index (χ1n) is 6.90. The van der Waals surface area contributed by atoms with Crippen LogP contribution in [0.25, 0.3) is 0 Å². The summed E-state index contributed by atoms with van der Waals surface area (Å²) in [5.41, 5.74) is 8.03. The second-order valence-corrected chi connectivity index (χ2v) is 5.19. The summed E-state index contributed by atoms with van der Waals surface area (Å²) in [6, 6.07) is 6.27. The molecule has 1 aliphatic rings. The van der Waals surface area contributed by atoms with Crippen LogP contribution in [-0.2, 0) is 17.6 Å². The Kier molecular flexibility index (Phi) is 4.80. The van der Waals surface area contributed by atoms with E-state index in [-0.39, 0.29) is 11.8 Å². The monoisotopic (exact) mass is 262 g/mol. The smallest absolute Gasteiger partial charge is 0.220 e. The van der Waals surface area contributed by atoms with Gasteiger partial charge in [0.1, 0.15) is 5.75 Å². The van der Waals surface area contributed by atoms with Crippen LogP contribution in [-0.4, -0.2) is 25.6 Å². The van der Waals surface area contributed by atoms with Crippen molar-refractivity contribution >= 4 is 5.91 Å². The number of carbonyl (C=O) groups is 1. The molecule has 0 aromatic heterocycles. The zero-order valence-electron chi connectivity index (χ0n) is 11.4. The van der Waals surface area contributed by atoms with Gasteiger partial charge < -0.3 is 15.8 Å². The van der Waals surface area contributed by atoms with Crippen LogP contribution < -0.4 is 15.8 Å². The van der Waals surface area contributed by atoms with E-state index in [1.807, 2.05) is 13.0 Å². The van der Waals surface area contributed by atoms with Gasteiger partial charge in [0.25, 0.3) is 0 Å². The molecule has 1 aromatic carbocycles. The fourth-order valence-corrected chi connectivity index (χ4v) is 2.21. The molecule has 1 aromatic rings. The highest BCUT2D eigenvalue weighted by Crippen LogP contribution is 2.25. The van der Waals surface area contributed by atoms with Gasteiger partial charge in [0.05, 0.1) is 6.61 Å². The van der Waals surface area contributed by atoms with E-state index in [1.54, 1.807) is 0 Å². The number of hydrogen-bond acceptors (Lipinski definition) is 3. The van der Waals surface area contributed by atoms with Gasteiger partial charge in [-0.05, 0) is 36.1 Å². The normalized spacial score (nSPS) is 14.6. The van der Waals surface area contributed by atoms with Gasteiger partial charge in [0.2, 0.25) is 5.91 Å². The van der Waals surface area contributed by atoms with Gasteiger partial charge in [-0.15, -0.1) is 0 Å². The predicted molar refractivity (Wildman–Crippen MR) is 75.2 cm³/mol. The van der Waals surface area contributed by atoms with Crippen LogP contribution in [0.1, 0.15) is 24.5 Å². The summed E-state index contributed by atoms with van der Waals surface area (Å²) in [6.07, 6.45) is 2.36. The Morgan fingerprint density at radius 2 is 2.37 bits per heavy atom. The lowest BCUT2D eigenvalue weighted by Crippen LogP contribution is -2.28. The maximum Gasteiger partial charge on any atom is 0.220 e. The zero-order valence-corrected chi connectivity index (χ0v) is 11.4. The Bertz CT molecular complexity index is 446. The minimum Gasteiger partial charge on any atom is -0.493 e. The number of amides is 1. The van der Waals surface area contributed by atoms with Crippen molar-refractivity contribution in [1.82, 2.24) is 5.32 Å². The molecular formula is C15H22N2O2. The molecule has 104 valence electrons. The maximum atomic E-state index is 11.6. The highest BCUT2D eigenvalue weighted by atomic mass is 16.5. The molecule has 1 unspecified atom stereocenters. The number of hydrogen-bond donors (Lipinski definition) is 2. The second-order valence-electron chi connectivity index (χ2n) is 5.19. The van der Waals surface area contributed by atoms with Crippen molar-refractivity contribution in [3.05, 3.63) is 29.3 Å². The lowest BCUT2D eigenvalue weighted by molar-refractivity contribution is -0.121. The number of nitrogens with two attached hydrogens (primary N) is 1. The van der Waals surface area contributed by atoms with Crippen LogP contribution in [0.15, 0.2) is 18.2 Å². The molecule has 0 bridgehead atoms. The van der Waals surface area contributed by atoms with E-state index in [0.717, 1.165) is 25.2 Å². The van der Waals surface area contributed by atoms with Crippen LogP contribution in [0.5, 0.6) is 5.75 Å². The molecule has 0 aliphatic carbocycles. The molecular weight excluding hydrogens is 240 g/mol.